The lowest BCUT2D eigenvalue weighted by Gasteiger charge is -2.17. The summed E-state index contributed by atoms with van der Waals surface area (Å²) in [4.78, 5) is 6.40. The third kappa shape index (κ3) is 4.46. The number of hydrogen-bond donors (Lipinski definition) is 0. The SMILES string of the molecule is CN(Cc1ccc(Br)cc1)Cc1nc(Cl)ccc1Cl. The number of benzene rings is 1. The minimum atomic E-state index is 0.469. The maximum absolute atomic E-state index is 6.11. The van der Waals surface area contributed by atoms with Crippen LogP contribution in [0.5, 0.6) is 0 Å². The summed E-state index contributed by atoms with van der Waals surface area (Å²) in [6, 6.07) is 11.7. The van der Waals surface area contributed by atoms with E-state index < -0.39 is 0 Å². The van der Waals surface area contributed by atoms with E-state index in [1.807, 2.05) is 19.2 Å². The Labute approximate surface area is 131 Å². The van der Waals surface area contributed by atoms with Crippen molar-refractivity contribution in [2.24, 2.45) is 0 Å². The van der Waals surface area contributed by atoms with Gasteiger partial charge in [-0.05, 0) is 36.9 Å². The number of hydrogen-bond acceptors (Lipinski definition) is 2. The second-order valence-corrected chi connectivity index (χ2v) is 6.07. The van der Waals surface area contributed by atoms with Crippen LogP contribution in [0.25, 0.3) is 0 Å². The van der Waals surface area contributed by atoms with Crippen LogP contribution in [0.4, 0.5) is 0 Å². The molecule has 0 radical (unpaired) electrons. The highest BCUT2D eigenvalue weighted by Crippen LogP contribution is 2.19. The summed E-state index contributed by atoms with van der Waals surface area (Å²) in [7, 11) is 2.03. The van der Waals surface area contributed by atoms with E-state index in [1.54, 1.807) is 12.1 Å². The van der Waals surface area contributed by atoms with Crippen LogP contribution in [0.3, 0.4) is 0 Å². The molecule has 0 aliphatic carbocycles. The van der Waals surface area contributed by atoms with Gasteiger partial charge in [-0.2, -0.15) is 0 Å². The molecule has 0 aliphatic rings. The van der Waals surface area contributed by atoms with Crippen LogP contribution < -0.4 is 0 Å². The van der Waals surface area contributed by atoms with Crippen LogP contribution in [0.2, 0.25) is 10.2 Å². The molecule has 2 rings (SSSR count). The van der Waals surface area contributed by atoms with Crippen LogP contribution in [-0.2, 0) is 13.1 Å². The van der Waals surface area contributed by atoms with E-state index in [9.17, 15) is 0 Å². The Balaban J connectivity index is 2.02. The molecular weight excluding hydrogens is 347 g/mol. The Bertz CT molecular complexity index is 558. The summed E-state index contributed by atoms with van der Waals surface area (Å²) in [5.74, 6) is 0. The first-order chi connectivity index (χ1) is 9.04. The molecule has 1 aromatic carbocycles. The predicted molar refractivity (Wildman–Crippen MR) is 83.6 cm³/mol. The molecule has 5 heteroatoms. The number of halogens is 3. The highest BCUT2D eigenvalue weighted by molar-refractivity contribution is 9.10. The topological polar surface area (TPSA) is 16.1 Å². The lowest BCUT2D eigenvalue weighted by Crippen LogP contribution is -2.18. The highest BCUT2D eigenvalue weighted by atomic mass is 79.9. The average molecular weight is 360 g/mol. The van der Waals surface area contributed by atoms with E-state index in [2.05, 4.69) is 37.9 Å². The van der Waals surface area contributed by atoms with Crippen LogP contribution in [0.1, 0.15) is 11.3 Å². The standard InChI is InChI=1S/C14H13BrCl2N2/c1-19(8-10-2-4-11(15)5-3-10)9-13-12(16)6-7-14(17)18-13/h2-7H,8-9H2,1H3. The summed E-state index contributed by atoms with van der Waals surface area (Å²) in [6.07, 6.45) is 0. The summed E-state index contributed by atoms with van der Waals surface area (Å²) in [6.45, 7) is 1.49. The molecule has 0 saturated heterocycles. The van der Waals surface area contributed by atoms with Crippen molar-refractivity contribution in [3.63, 3.8) is 0 Å². The van der Waals surface area contributed by atoms with Gasteiger partial charge in [-0.25, -0.2) is 4.98 Å². The minimum absolute atomic E-state index is 0.469. The maximum Gasteiger partial charge on any atom is 0.129 e. The number of aromatic nitrogens is 1. The molecule has 0 unspecified atom stereocenters. The molecule has 0 spiro atoms. The van der Waals surface area contributed by atoms with Gasteiger partial charge in [-0.3, -0.25) is 4.90 Å². The number of rotatable bonds is 4. The van der Waals surface area contributed by atoms with E-state index in [-0.39, 0.29) is 0 Å². The van der Waals surface area contributed by atoms with Crippen molar-refractivity contribution in [2.75, 3.05) is 7.05 Å². The second kappa shape index (κ2) is 6.71. The fourth-order valence-electron chi connectivity index (χ4n) is 1.78. The van der Waals surface area contributed by atoms with Gasteiger partial charge in [0.15, 0.2) is 0 Å². The van der Waals surface area contributed by atoms with Gasteiger partial charge >= 0.3 is 0 Å². The van der Waals surface area contributed by atoms with E-state index in [1.165, 1.54) is 5.56 Å². The van der Waals surface area contributed by atoms with Gasteiger partial charge < -0.3 is 0 Å². The Morgan fingerprint density at radius 1 is 1.05 bits per heavy atom. The molecule has 0 amide bonds. The van der Waals surface area contributed by atoms with Crippen LogP contribution in [0, 0.1) is 0 Å². The molecule has 0 N–H and O–H groups in total. The first-order valence-corrected chi connectivity index (χ1v) is 7.33. The second-order valence-electron chi connectivity index (χ2n) is 4.36. The molecule has 1 heterocycles. The van der Waals surface area contributed by atoms with Gasteiger partial charge in [-0.1, -0.05) is 51.3 Å². The predicted octanol–water partition coefficient (Wildman–Crippen LogP) is 4.78. The smallest absolute Gasteiger partial charge is 0.129 e. The maximum atomic E-state index is 6.11. The Morgan fingerprint density at radius 3 is 2.42 bits per heavy atom. The lowest BCUT2D eigenvalue weighted by atomic mass is 10.2. The number of nitrogens with zero attached hydrogens (tertiary/aromatic N) is 2. The van der Waals surface area contributed by atoms with E-state index >= 15 is 0 Å². The first kappa shape index (κ1) is 14.8. The van der Waals surface area contributed by atoms with E-state index in [0.717, 1.165) is 16.7 Å². The molecule has 0 atom stereocenters. The zero-order valence-corrected chi connectivity index (χ0v) is 13.5. The van der Waals surface area contributed by atoms with Gasteiger partial charge in [-0.15, -0.1) is 0 Å². The number of pyridine rings is 1. The van der Waals surface area contributed by atoms with Crippen LogP contribution >= 0.6 is 39.1 Å². The molecule has 0 bridgehead atoms. The van der Waals surface area contributed by atoms with Crippen molar-refractivity contribution >= 4 is 39.1 Å². The molecular formula is C14H13BrCl2N2. The molecule has 19 heavy (non-hydrogen) atoms. The Hall–Kier alpha value is -0.610. The quantitative estimate of drug-likeness (QED) is 0.730. The molecule has 100 valence electrons. The largest absolute Gasteiger partial charge is 0.296 e. The summed E-state index contributed by atoms with van der Waals surface area (Å²) in [5, 5.41) is 1.11. The minimum Gasteiger partial charge on any atom is -0.296 e. The zero-order valence-electron chi connectivity index (χ0n) is 10.4. The summed E-state index contributed by atoms with van der Waals surface area (Å²) >= 11 is 15.4. The van der Waals surface area contributed by atoms with Crippen molar-refractivity contribution in [1.82, 2.24) is 9.88 Å². The third-order valence-corrected chi connectivity index (χ3v) is 3.75. The molecule has 1 aromatic heterocycles. The molecule has 2 aromatic rings. The van der Waals surface area contributed by atoms with E-state index in [0.29, 0.717) is 16.7 Å². The summed E-state index contributed by atoms with van der Waals surface area (Å²) < 4.78 is 1.08. The molecule has 0 fully saturated rings. The van der Waals surface area contributed by atoms with Crippen molar-refractivity contribution in [1.29, 1.82) is 0 Å². The van der Waals surface area contributed by atoms with Gasteiger partial charge in [0.1, 0.15) is 5.15 Å². The summed E-state index contributed by atoms with van der Waals surface area (Å²) in [5.41, 5.74) is 2.04. The van der Waals surface area contributed by atoms with Crippen molar-refractivity contribution in [3.8, 4) is 0 Å². The van der Waals surface area contributed by atoms with Gasteiger partial charge in [0, 0.05) is 17.6 Å². The highest BCUT2D eigenvalue weighted by Gasteiger charge is 2.07. The van der Waals surface area contributed by atoms with Crippen molar-refractivity contribution in [2.45, 2.75) is 13.1 Å². The van der Waals surface area contributed by atoms with Gasteiger partial charge in [0.25, 0.3) is 0 Å². The van der Waals surface area contributed by atoms with Crippen molar-refractivity contribution < 1.29 is 0 Å². The molecule has 0 saturated carbocycles. The monoisotopic (exact) mass is 358 g/mol. The fourth-order valence-corrected chi connectivity index (χ4v) is 2.38. The first-order valence-electron chi connectivity index (χ1n) is 5.78. The fraction of sp³-hybridized carbons (Fsp3) is 0.214. The van der Waals surface area contributed by atoms with Crippen LogP contribution in [-0.4, -0.2) is 16.9 Å². The van der Waals surface area contributed by atoms with E-state index in [4.69, 9.17) is 23.2 Å². The Morgan fingerprint density at radius 2 is 1.74 bits per heavy atom. The van der Waals surface area contributed by atoms with Gasteiger partial charge in [0.2, 0.25) is 0 Å². The normalized spacial score (nSPS) is 11.0. The Kier molecular flexibility index (Phi) is 5.22. The average Bonchev–Trinajstić information content (AvgIpc) is 2.37. The van der Waals surface area contributed by atoms with Crippen LogP contribution in [0.15, 0.2) is 40.9 Å². The third-order valence-electron chi connectivity index (χ3n) is 2.67. The lowest BCUT2D eigenvalue weighted by molar-refractivity contribution is 0.315. The molecule has 0 aliphatic heterocycles. The van der Waals surface area contributed by atoms with Crippen molar-refractivity contribution in [3.05, 3.63) is 62.3 Å². The van der Waals surface area contributed by atoms with Gasteiger partial charge in [0.05, 0.1) is 10.7 Å². The zero-order chi connectivity index (χ0) is 13.8. The molecule has 2 nitrogen and oxygen atoms in total.